The molecule has 1 aromatic rings. The zero-order valence-corrected chi connectivity index (χ0v) is 13.6. The van der Waals surface area contributed by atoms with Crippen molar-refractivity contribution in [1.82, 2.24) is 5.32 Å². The van der Waals surface area contributed by atoms with Crippen molar-refractivity contribution in [2.45, 2.75) is 58.4 Å². The second-order valence-electron chi connectivity index (χ2n) is 5.58. The van der Waals surface area contributed by atoms with E-state index in [0.717, 1.165) is 24.3 Å². The summed E-state index contributed by atoms with van der Waals surface area (Å²) in [6, 6.07) is 5.09. The maximum atomic E-state index is 13.1. The van der Waals surface area contributed by atoms with Gasteiger partial charge in [0, 0.05) is 11.1 Å². The zero-order valence-electron chi connectivity index (χ0n) is 12.9. The predicted molar refractivity (Wildman–Crippen MR) is 85.9 cm³/mol. The highest BCUT2D eigenvalue weighted by molar-refractivity contribution is 6.31. The third-order valence-corrected chi connectivity index (χ3v) is 4.40. The van der Waals surface area contributed by atoms with E-state index in [9.17, 15) is 4.39 Å². The summed E-state index contributed by atoms with van der Waals surface area (Å²) in [5.74, 6) is 0.487. The summed E-state index contributed by atoms with van der Waals surface area (Å²) >= 11 is 6.12. The lowest BCUT2D eigenvalue weighted by atomic mass is 9.89. The van der Waals surface area contributed by atoms with E-state index in [-0.39, 0.29) is 5.82 Å². The fourth-order valence-electron chi connectivity index (χ4n) is 2.64. The van der Waals surface area contributed by atoms with Crippen LogP contribution in [-0.4, -0.2) is 13.1 Å². The summed E-state index contributed by atoms with van der Waals surface area (Å²) < 4.78 is 13.1. The maximum absolute atomic E-state index is 13.1. The Morgan fingerprint density at radius 2 is 2.05 bits per heavy atom. The Kier molecular flexibility index (Phi) is 8.16. The van der Waals surface area contributed by atoms with Gasteiger partial charge in [-0.1, -0.05) is 57.2 Å². The van der Waals surface area contributed by atoms with Gasteiger partial charge in [0.1, 0.15) is 5.82 Å². The highest BCUT2D eigenvalue weighted by Crippen LogP contribution is 2.23. The Morgan fingerprint density at radius 1 is 1.30 bits per heavy atom. The van der Waals surface area contributed by atoms with Crippen LogP contribution in [0.15, 0.2) is 18.2 Å². The third-order valence-electron chi connectivity index (χ3n) is 4.05. The Morgan fingerprint density at radius 3 is 2.60 bits per heavy atom. The highest BCUT2D eigenvalue weighted by Gasteiger charge is 2.15. The SMILES string of the molecule is CCCCC(CC)CC(Cc1ccc(F)cc1Cl)NC. The summed E-state index contributed by atoms with van der Waals surface area (Å²) in [5.41, 5.74) is 1.03. The molecule has 0 saturated carbocycles. The molecule has 0 radical (unpaired) electrons. The quantitative estimate of drug-likeness (QED) is 0.659. The van der Waals surface area contributed by atoms with Gasteiger partial charge < -0.3 is 5.32 Å². The van der Waals surface area contributed by atoms with E-state index in [2.05, 4.69) is 19.2 Å². The fourth-order valence-corrected chi connectivity index (χ4v) is 2.88. The van der Waals surface area contributed by atoms with E-state index in [1.165, 1.54) is 37.8 Å². The van der Waals surface area contributed by atoms with Gasteiger partial charge in [-0.05, 0) is 43.5 Å². The van der Waals surface area contributed by atoms with Gasteiger partial charge in [0.25, 0.3) is 0 Å². The molecule has 20 heavy (non-hydrogen) atoms. The average molecular weight is 300 g/mol. The van der Waals surface area contributed by atoms with Crippen molar-refractivity contribution >= 4 is 11.6 Å². The lowest BCUT2D eigenvalue weighted by molar-refractivity contribution is 0.358. The number of benzene rings is 1. The second kappa shape index (κ2) is 9.36. The number of unbranched alkanes of at least 4 members (excludes halogenated alkanes) is 1. The van der Waals surface area contributed by atoms with Gasteiger partial charge in [0.15, 0.2) is 0 Å². The van der Waals surface area contributed by atoms with Crippen molar-refractivity contribution in [3.05, 3.63) is 34.6 Å². The van der Waals surface area contributed by atoms with E-state index >= 15 is 0 Å². The molecule has 0 aliphatic rings. The van der Waals surface area contributed by atoms with Crippen LogP contribution >= 0.6 is 11.6 Å². The topological polar surface area (TPSA) is 12.0 Å². The first kappa shape index (κ1) is 17.5. The highest BCUT2D eigenvalue weighted by atomic mass is 35.5. The van der Waals surface area contributed by atoms with Gasteiger partial charge in [0.2, 0.25) is 0 Å². The standard InChI is InChI=1S/C17H27ClFN/c1-4-6-7-13(5-2)10-16(20-3)11-14-8-9-15(19)12-17(14)18/h8-9,12-13,16,20H,4-7,10-11H2,1-3H3. The van der Waals surface area contributed by atoms with Crippen LogP contribution in [0.4, 0.5) is 4.39 Å². The van der Waals surface area contributed by atoms with Crippen LogP contribution < -0.4 is 5.32 Å². The van der Waals surface area contributed by atoms with Crippen molar-refractivity contribution in [3.8, 4) is 0 Å². The Balaban J connectivity index is 2.61. The van der Waals surface area contributed by atoms with Crippen LogP contribution in [0.5, 0.6) is 0 Å². The molecule has 114 valence electrons. The molecule has 2 unspecified atom stereocenters. The van der Waals surface area contributed by atoms with Gasteiger partial charge in [0.05, 0.1) is 0 Å². The maximum Gasteiger partial charge on any atom is 0.124 e. The first-order valence-corrected chi connectivity index (χ1v) is 8.09. The molecule has 0 aliphatic carbocycles. The third kappa shape index (κ3) is 5.80. The number of nitrogens with one attached hydrogen (secondary N) is 1. The number of hydrogen-bond acceptors (Lipinski definition) is 1. The molecule has 0 amide bonds. The van der Waals surface area contributed by atoms with Crippen molar-refractivity contribution in [2.24, 2.45) is 5.92 Å². The average Bonchev–Trinajstić information content (AvgIpc) is 2.44. The largest absolute Gasteiger partial charge is 0.317 e. The van der Waals surface area contributed by atoms with Crippen molar-refractivity contribution in [2.75, 3.05) is 7.05 Å². The van der Waals surface area contributed by atoms with Gasteiger partial charge in [-0.3, -0.25) is 0 Å². The molecular formula is C17H27ClFN. The molecule has 2 atom stereocenters. The van der Waals surface area contributed by atoms with Gasteiger partial charge >= 0.3 is 0 Å². The molecule has 3 heteroatoms. The summed E-state index contributed by atoms with van der Waals surface area (Å²) in [7, 11) is 1.99. The molecule has 1 aromatic carbocycles. The van der Waals surface area contributed by atoms with E-state index < -0.39 is 0 Å². The summed E-state index contributed by atoms with van der Waals surface area (Å²) in [4.78, 5) is 0. The van der Waals surface area contributed by atoms with Gasteiger partial charge in [-0.25, -0.2) is 4.39 Å². The summed E-state index contributed by atoms with van der Waals surface area (Å²) in [6.07, 6.45) is 7.08. The summed E-state index contributed by atoms with van der Waals surface area (Å²) in [5, 5.41) is 3.92. The first-order valence-electron chi connectivity index (χ1n) is 7.71. The molecule has 1 nitrogen and oxygen atoms in total. The van der Waals surface area contributed by atoms with E-state index in [1.54, 1.807) is 6.07 Å². The molecule has 0 spiro atoms. The Hall–Kier alpha value is -0.600. The van der Waals surface area contributed by atoms with E-state index in [1.807, 2.05) is 7.05 Å². The molecule has 1 rings (SSSR count). The minimum absolute atomic E-state index is 0.269. The molecule has 1 N–H and O–H groups in total. The zero-order chi connectivity index (χ0) is 15.0. The lowest BCUT2D eigenvalue weighted by Gasteiger charge is -2.23. The predicted octanol–water partition coefficient (Wildman–Crippen LogP) is 5.22. The van der Waals surface area contributed by atoms with E-state index in [0.29, 0.717) is 11.1 Å². The van der Waals surface area contributed by atoms with Crippen LogP contribution in [0.25, 0.3) is 0 Å². The minimum atomic E-state index is -0.269. The van der Waals surface area contributed by atoms with Gasteiger partial charge in [-0.15, -0.1) is 0 Å². The second-order valence-corrected chi connectivity index (χ2v) is 5.98. The number of hydrogen-bond donors (Lipinski definition) is 1. The van der Waals surface area contributed by atoms with Crippen molar-refractivity contribution in [3.63, 3.8) is 0 Å². The molecular weight excluding hydrogens is 273 g/mol. The van der Waals surface area contributed by atoms with Crippen LogP contribution in [0.1, 0.15) is 51.5 Å². The van der Waals surface area contributed by atoms with Crippen LogP contribution in [0.3, 0.4) is 0 Å². The summed E-state index contributed by atoms with van der Waals surface area (Å²) in [6.45, 7) is 4.50. The van der Waals surface area contributed by atoms with E-state index in [4.69, 9.17) is 11.6 Å². The first-order chi connectivity index (χ1) is 9.60. The Bertz CT molecular complexity index is 395. The fraction of sp³-hybridized carbons (Fsp3) is 0.647. The minimum Gasteiger partial charge on any atom is -0.317 e. The Labute approximate surface area is 127 Å². The molecule has 0 bridgehead atoms. The number of likely N-dealkylation sites (N-methyl/N-ethyl adjacent to an activating group) is 1. The van der Waals surface area contributed by atoms with Crippen LogP contribution in [-0.2, 0) is 6.42 Å². The molecule has 0 fully saturated rings. The van der Waals surface area contributed by atoms with Crippen molar-refractivity contribution < 1.29 is 4.39 Å². The normalized spacial score (nSPS) is 14.2. The number of halogens is 2. The molecule has 0 saturated heterocycles. The lowest BCUT2D eigenvalue weighted by Crippen LogP contribution is -2.30. The molecule has 0 aromatic heterocycles. The molecule has 0 aliphatic heterocycles. The number of rotatable bonds is 9. The smallest absolute Gasteiger partial charge is 0.124 e. The monoisotopic (exact) mass is 299 g/mol. The molecule has 0 heterocycles. The van der Waals surface area contributed by atoms with Crippen LogP contribution in [0.2, 0.25) is 5.02 Å². The van der Waals surface area contributed by atoms with Gasteiger partial charge in [-0.2, -0.15) is 0 Å². The van der Waals surface area contributed by atoms with Crippen LogP contribution in [0, 0.1) is 11.7 Å². The van der Waals surface area contributed by atoms with Crippen molar-refractivity contribution in [1.29, 1.82) is 0 Å².